The van der Waals surface area contributed by atoms with E-state index in [1.54, 1.807) is 6.92 Å². The highest BCUT2D eigenvalue weighted by Crippen LogP contribution is 2.32. The molecule has 5 nitrogen and oxygen atoms in total. The summed E-state index contributed by atoms with van der Waals surface area (Å²) < 4.78 is 9.68. The highest BCUT2D eigenvalue weighted by molar-refractivity contribution is 8.01. The van der Waals surface area contributed by atoms with Crippen molar-refractivity contribution in [1.82, 2.24) is 5.32 Å². The Morgan fingerprint density at radius 1 is 1.53 bits per heavy atom. The van der Waals surface area contributed by atoms with Crippen molar-refractivity contribution in [2.45, 2.75) is 24.5 Å². The van der Waals surface area contributed by atoms with Crippen LogP contribution >= 0.6 is 11.8 Å². The SMILES string of the molecule is CCOC(=O)C1SC(NC(=O)COC)C=C1C. The molecule has 6 heteroatoms. The summed E-state index contributed by atoms with van der Waals surface area (Å²) in [4.78, 5) is 22.9. The molecular formula is C11H17NO4S. The molecule has 0 radical (unpaired) electrons. The van der Waals surface area contributed by atoms with E-state index in [2.05, 4.69) is 5.32 Å². The molecule has 1 heterocycles. The van der Waals surface area contributed by atoms with Gasteiger partial charge in [-0.1, -0.05) is 11.6 Å². The first kappa shape index (κ1) is 14.1. The normalized spacial score (nSPS) is 23.1. The van der Waals surface area contributed by atoms with Gasteiger partial charge in [-0.2, -0.15) is 0 Å². The minimum Gasteiger partial charge on any atom is -0.465 e. The van der Waals surface area contributed by atoms with E-state index >= 15 is 0 Å². The van der Waals surface area contributed by atoms with E-state index in [9.17, 15) is 9.59 Å². The highest BCUT2D eigenvalue weighted by Gasteiger charge is 2.31. The average molecular weight is 259 g/mol. The molecule has 1 amide bonds. The lowest BCUT2D eigenvalue weighted by Crippen LogP contribution is -2.33. The van der Waals surface area contributed by atoms with Gasteiger partial charge in [0.15, 0.2) is 0 Å². The largest absolute Gasteiger partial charge is 0.465 e. The Bertz CT molecular complexity index is 329. The first-order chi connectivity index (χ1) is 8.08. The number of ether oxygens (including phenoxy) is 2. The van der Waals surface area contributed by atoms with Crippen molar-refractivity contribution in [3.05, 3.63) is 11.6 Å². The molecule has 1 rings (SSSR count). The lowest BCUT2D eigenvalue weighted by Gasteiger charge is -2.13. The summed E-state index contributed by atoms with van der Waals surface area (Å²) in [7, 11) is 1.46. The smallest absolute Gasteiger partial charge is 0.323 e. The van der Waals surface area contributed by atoms with Crippen molar-refractivity contribution in [1.29, 1.82) is 0 Å². The number of esters is 1. The second-order valence-corrected chi connectivity index (χ2v) is 4.85. The van der Waals surface area contributed by atoms with Gasteiger partial charge in [0.05, 0.1) is 12.0 Å². The second kappa shape index (κ2) is 6.66. The van der Waals surface area contributed by atoms with Crippen molar-refractivity contribution in [2.75, 3.05) is 20.3 Å². The number of carbonyl (C=O) groups excluding carboxylic acids is 2. The van der Waals surface area contributed by atoms with Crippen LogP contribution < -0.4 is 5.32 Å². The average Bonchev–Trinajstić information content (AvgIpc) is 2.60. The van der Waals surface area contributed by atoms with Crippen molar-refractivity contribution in [2.24, 2.45) is 0 Å². The van der Waals surface area contributed by atoms with Gasteiger partial charge >= 0.3 is 5.97 Å². The zero-order valence-electron chi connectivity index (χ0n) is 10.2. The molecule has 0 aromatic carbocycles. The van der Waals surface area contributed by atoms with Crippen LogP contribution in [0.4, 0.5) is 0 Å². The predicted octanol–water partition coefficient (Wildman–Crippen LogP) is 0.700. The first-order valence-electron chi connectivity index (χ1n) is 5.37. The van der Waals surface area contributed by atoms with E-state index in [-0.39, 0.29) is 29.1 Å². The minimum atomic E-state index is -0.317. The predicted molar refractivity (Wildman–Crippen MR) is 65.6 cm³/mol. The molecule has 2 unspecified atom stereocenters. The molecule has 0 spiro atoms. The molecule has 17 heavy (non-hydrogen) atoms. The maximum Gasteiger partial charge on any atom is 0.323 e. The van der Waals surface area contributed by atoms with Crippen LogP contribution in [0.3, 0.4) is 0 Å². The maximum absolute atomic E-state index is 11.6. The van der Waals surface area contributed by atoms with E-state index in [0.29, 0.717) is 6.61 Å². The molecule has 0 aromatic rings. The molecule has 2 atom stereocenters. The summed E-state index contributed by atoms with van der Waals surface area (Å²) in [5.41, 5.74) is 0.913. The van der Waals surface area contributed by atoms with Crippen molar-refractivity contribution in [3.63, 3.8) is 0 Å². The standard InChI is InChI=1S/C11H17NO4S/c1-4-16-11(14)10-7(2)5-9(17-10)12-8(13)6-15-3/h5,9-10H,4,6H2,1-3H3,(H,12,13). The Kier molecular flexibility index (Phi) is 5.50. The number of methoxy groups -OCH3 is 1. The van der Waals surface area contributed by atoms with Crippen molar-refractivity contribution >= 4 is 23.6 Å². The van der Waals surface area contributed by atoms with Crippen molar-refractivity contribution < 1.29 is 19.1 Å². The monoisotopic (exact) mass is 259 g/mol. The Hall–Kier alpha value is -1.01. The van der Waals surface area contributed by atoms with Crippen LogP contribution in [-0.2, 0) is 19.1 Å². The molecule has 1 N–H and O–H groups in total. The van der Waals surface area contributed by atoms with Gasteiger partial charge in [0.2, 0.25) is 5.91 Å². The number of hydrogen-bond donors (Lipinski definition) is 1. The zero-order valence-corrected chi connectivity index (χ0v) is 11.0. The minimum absolute atomic E-state index is 0.0218. The Morgan fingerprint density at radius 3 is 2.82 bits per heavy atom. The Balaban J connectivity index is 2.49. The van der Waals surface area contributed by atoms with Crippen LogP contribution in [0.2, 0.25) is 0 Å². The summed E-state index contributed by atoms with van der Waals surface area (Å²) in [5, 5.41) is 2.25. The van der Waals surface area contributed by atoms with Gasteiger partial charge in [-0.25, -0.2) is 0 Å². The van der Waals surface area contributed by atoms with Gasteiger partial charge in [-0.05, 0) is 13.8 Å². The zero-order chi connectivity index (χ0) is 12.8. The van der Waals surface area contributed by atoms with Crippen LogP contribution in [0.25, 0.3) is 0 Å². The van der Waals surface area contributed by atoms with Gasteiger partial charge in [0, 0.05) is 7.11 Å². The Labute approximate surface area is 105 Å². The number of rotatable bonds is 5. The fourth-order valence-corrected chi connectivity index (χ4v) is 2.74. The van der Waals surface area contributed by atoms with E-state index in [1.807, 2.05) is 13.0 Å². The summed E-state index contributed by atoms with van der Waals surface area (Å²) in [5.74, 6) is -0.451. The third-order valence-electron chi connectivity index (χ3n) is 2.19. The maximum atomic E-state index is 11.6. The molecule has 96 valence electrons. The van der Waals surface area contributed by atoms with Crippen LogP contribution in [0.1, 0.15) is 13.8 Å². The van der Waals surface area contributed by atoms with E-state index in [0.717, 1.165) is 5.57 Å². The molecular weight excluding hydrogens is 242 g/mol. The first-order valence-corrected chi connectivity index (χ1v) is 6.31. The summed E-state index contributed by atoms with van der Waals surface area (Å²) >= 11 is 1.37. The van der Waals surface area contributed by atoms with Crippen molar-refractivity contribution in [3.8, 4) is 0 Å². The van der Waals surface area contributed by atoms with E-state index < -0.39 is 0 Å². The fourth-order valence-electron chi connectivity index (χ4n) is 1.49. The third-order valence-corrected chi connectivity index (χ3v) is 3.57. The third kappa shape index (κ3) is 4.05. The quantitative estimate of drug-likeness (QED) is 0.581. The van der Waals surface area contributed by atoms with Gasteiger partial charge in [-0.3, -0.25) is 9.59 Å². The number of thioether (sulfide) groups is 1. The molecule has 0 saturated heterocycles. The number of hydrogen-bond acceptors (Lipinski definition) is 5. The van der Waals surface area contributed by atoms with Gasteiger partial charge in [-0.15, -0.1) is 11.8 Å². The molecule has 0 bridgehead atoms. The molecule has 0 aliphatic carbocycles. The highest BCUT2D eigenvalue weighted by atomic mass is 32.2. The van der Waals surface area contributed by atoms with Crippen LogP contribution in [0.5, 0.6) is 0 Å². The fraction of sp³-hybridized carbons (Fsp3) is 0.636. The van der Waals surface area contributed by atoms with Gasteiger partial charge in [0.25, 0.3) is 0 Å². The van der Waals surface area contributed by atoms with Crippen LogP contribution in [-0.4, -0.2) is 42.8 Å². The van der Waals surface area contributed by atoms with E-state index in [1.165, 1.54) is 18.9 Å². The lowest BCUT2D eigenvalue weighted by molar-refractivity contribution is -0.141. The summed E-state index contributed by atoms with van der Waals surface area (Å²) in [6, 6.07) is 0. The topological polar surface area (TPSA) is 64.6 Å². The second-order valence-electron chi connectivity index (χ2n) is 3.60. The number of carbonyl (C=O) groups is 2. The molecule has 0 saturated carbocycles. The molecule has 0 aromatic heterocycles. The van der Waals surface area contributed by atoms with Gasteiger partial charge in [0.1, 0.15) is 11.9 Å². The number of amides is 1. The van der Waals surface area contributed by atoms with Crippen LogP contribution in [0.15, 0.2) is 11.6 Å². The Morgan fingerprint density at radius 2 is 2.24 bits per heavy atom. The molecule has 1 aliphatic heterocycles. The lowest BCUT2D eigenvalue weighted by atomic mass is 10.2. The molecule has 1 aliphatic rings. The van der Waals surface area contributed by atoms with Crippen LogP contribution in [0, 0.1) is 0 Å². The summed E-state index contributed by atoms with van der Waals surface area (Å²) in [6.45, 7) is 4.02. The van der Waals surface area contributed by atoms with Gasteiger partial charge < -0.3 is 14.8 Å². The number of nitrogens with one attached hydrogen (secondary N) is 1. The van der Waals surface area contributed by atoms with E-state index in [4.69, 9.17) is 9.47 Å². The molecule has 0 fully saturated rings. The summed E-state index contributed by atoms with van der Waals surface area (Å²) in [6.07, 6.45) is 1.86.